The monoisotopic (exact) mass is 382 g/mol. The van der Waals surface area contributed by atoms with E-state index in [9.17, 15) is 4.79 Å². The van der Waals surface area contributed by atoms with Crippen molar-refractivity contribution >= 4 is 17.3 Å². The molecule has 0 saturated carbocycles. The molecule has 1 fully saturated rings. The number of hydrogen-bond acceptors (Lipinski definition) is 5. The van der Waals surface area contributed by atoms with Gasteiger partial charge < -0.3 is 19.9 Å². The van der Waals surface area contributed by atoms with Crippen molar-refractivity contribution in [3.05, 3.63) is 48.3 Å². The molecule has 3 rings (SSSR count). The molecule has 6 heteroatoms. The van der Waals surface area contributed by atoms with Crippen molar-refractivity contribution < 1.29 is 9.53 Å². The number of piperazine rings is 1. The zero-order valence-corrected chi connectivity index (χ0v) is 17.0. The molecule has 0 atom stereocenters. The van der Waals surface area contributed by atoms with Crippen molar-refractivity contribution in [1.29, 1.82) is 0 Å². The number of ether oxygens (including phenoxy) is 1. The molecule has 1 saturated heterocycles. The number of rotatable bonds is 7. The van der Waals surface area contributed by atoms with Crippen LogP contribution >= 0.6 is 0 Å². The van der Waals surface area contributed by atoms with E-state index in [1.807, 2.05) is 29.2 Å². The van der Waals surface area contributed by atoms with Gasteiger partial charge in [0.05, 0.1) is 19.0 Å². The molecule has 1 N–H and O–H groups in total. The van der Waals surface area contributed by atoms with Crippen LogP contribution in [-0.4, -0.2) is 55.6 Å². The predicted octanol–water partition coefficient (Wildman–Crippen LogP) is 3.51. The quantitative estimate of drug-likeness (QED) is 0.794. The van der Waals surface area contributed by atoms with Gasteiger partial charge in [-0.2, -0.15) is 0 Å². The maximum absolute atomic E-state index is 12.7. The van der Waals surface area contributed by atoms with Crippen molar-refractivity contribution in [2.45, 2.75) is 20.3 Å². The molecule has 1 aliphatic rings. The first-order chi connectivity index (χ1) is 13.6. The number of pyridine rings is 1. The van der Waals surface area contributed by atoms with Crippen LogP contribution in [-0.2, 0) is 0 Å². The van der Waals surface area contributed by atoms with Crippen LogP contribution in [0, 0.1) is 5.92 Å². The summed E-state index contributed by atoms with van der Waals surface area (Å²) in [6.45, 7) is 8.34. The molecule has 0 aliphatic carbocycles. The predicted molar refractivity (Wildman–Crippen MR) is 113 cm³/mol. The lowest BCUT2D eigenvalue weighted by Crippen LogP contribution is -2.49. The van der Waals surface area contributed by atoms with Gasteiger partial charge in [-0.25, -0.2) is 4.98 Å². The molecule has 0 bridgehead atoms. The van der Waals surface area contributed by atoms with Gasteiger partial charge in [0.25, 0.3) is 5.91 Å². The molecule has 28 heavy (non-hydrogen) atoms. The van der Waals surface area contributed by atoms with Crippen LogP contribution in [0.25, 0.3) is 0 Å². The smallest absolute Gasteiger partial charge is 0.272 e. The van der Waals surface area contributed by atoms with Gasteiger partial charge in [0.2, 0.25) is 0 Å². The Morgan fingerprint density at radius 1 is 1.11 bits per heavy atom. The lowest BCUT2D eigenvalue weighted by Gasteiger charge is -2.36. The molecule has 2 aromatic rings. The van der Waals surface area contributed by atoms with Gasteiger partial charge in [0.15, 0.2) is 0 Å². The topological polar surface area (TPSA) is 57.7 Å². The zero-order chi connectivity index (χ0) is 19.9. The van der Waals surface area contributed by atoms with Crippen molar-refractivity contribution in [3.63, 3.8) is 0 Å². The summed E-state index contributed by atoms with van der Waals surface area (Å²) in [5.74, 6) is 1.52. The average Bonchev–Trinajstić information content (AvgIpc) is 2.74. The zero-order valence-electron chi connectivity index (χ0n) is 17.0. The van der Waals surface area contributed by atoms with Gasteiger partial charge >= 0.3 is 0 Å². The Morgan fingerprint density at radius 2 is 1.82 bits per heavy atom. The summed E-state index contributed by atoms with van der Waals surface area (Å²) in [6.07, 6.45) is 2.86. The van der Waals surface area contributed by atoms with Crippen molar-refractivity contribution in [2.75, 3.05) is 50.1 Å². The van der Waals surface area contributed by atoms with Crippen LogP contribution in [0.2, 0.25) is 0 Å². The minimum atomic E-state index is 0.00288. The fraction of sp³-hybridized carbons (Fsp3) is 0.455. The normalized spacial score (nSPS) is 14.3. The summed E-state index contributed by atoms with van der Waals surface area (Å²) in [5, 5.41) is 3.35. The highest BCUT2D eigenvalue weighted by Gasteiger charge is 2.23. The first-order valence-electron chi connectivity index (χ1n) is 9.95. The number of carbonyl (C=O) groups is 1. The highest BCUT2D eigenvalue weighted by Crippen LogP contribution is 2.21. The number of nitrogens with one attached hydrogen (secondary N) is 1. The second-order valence-corrected chi connectivity index (χ2v) is 7.52. The molecule has 2 heterocycles. The van der Waals surface area contributed by atoms with Gasteiger partial charge in [0.1, 0.15) is 11.4 Å². The maximum Gasteiger partial charge on any atom is 0.272 e. The number of hydrogen-bond donors (Lipinski definition) is 1. The third-order valence-electron chi connectivity index (χ3n) is 5.04. The lowest BCUT2D eigenvalue weighted by molar-refractivity contribution is 0.0741. The molecule has 1 aromatic heterocycles. The summed E-state index contributed by atoms with van der Waals surface area (Å²) in [7, 11) is 1.67. The number of nitrogens with zero attached hydrogens (tertiary/aromatic N) is 3. The Hall–Kier alpha value is -2.76. The Bertz CT molecular complexity index is 751. The third kappa shape index (κ3) is 5.15. The Morgan fingerprint density at radius 3 is 2.39 bits per heavy atom. The number of anilines is 2. The van der Waals surface area contributed by atoms with E-state index < -0.39 is 0 Å². The summed E-state index contributed by atoms with van der Waals surface area (Å²) in [5.41, 5.74) is 2.62. The van der Waals surface area contributed by atoms with E-state index in [1.54, 1.807) is 13.3 Å². The standard InChI is InChI=1S/C22H30N4O2/c1-17(2)10-11-23-18-4-9-21(24-16-18)22(27)26-14-12-25(13-15-26)19-5-7-20(28-3)8-6-19/h4-9,16-17,23H,10-15H2,1-3H3. The summed E-state index contributed by atoms with van der Waals surface area (Å²) in [4.78, 5) is 21.3. The van der Waals surface area contributed by atoms with Gasteiger partial charge in [-0.1, -0.05) is 13.8 Å². The molecule has 0 radical (unpaired) electrons. The Kier molecular flexibility index (Phi) is 6.74. The van der Waals surface area contributed by atoms with E-state index in [0.29, 0.717) is 24.7 Å². The summed E-state index contributed by atoms with van der Waals surface area (Å²) in [6, 6.07) is 11.8. The van der Waals surface area contributed by atoms with Gasteiger partial charge in [0, 0.05) is 38.4 Å². The number of methoxy groups -OCH3 is 1. The molecule has 1 aliphatic heterocycles. The van der Waals surface area contributed by atoms with Crippen LogP contribution in [0.5, 0.6) is 5.75 Å². The van der Waals surface area contributed by atoms with Gasteiger partial charge in [-0.3, -0.25) is 4.79 Å². The number of aromatic nitrogens is 1. The minimum absolute atomic E-state index is 0.00288. The van der Waals surface area contributed by atoms with Crippen molar-refractivity contribution in [2.24, 2.45) is 5.92 Å². The van der Waals surface area contributed by atoms with Crippen LogP contribution in [0.3, 0.4) is 0 Å². The first kappa shape index (κ1) is 20.0. The van der Waals surface area contributed by atoms with E-state index in [2.05, 4.69) is 41.2 Å². The fourth-order valence-electron chi connectivity index (χ4n) is 3.25. The maximum atomic E-state index is 12.7. The minimum Gasteiger partial charge on any atom is -0.497 e. The molecule has 6 nitrogen and oxygen atoms in total. The molecule has 150 valence electrons. The van der Waals surface area contributed by atoms with E-state index >= 15 is 0 Å². The second-order valence-electron chi connectivity index (χ2n) is 7.52. The average molecular weight is 383 g/mol. The fourth-order valence-corrected chi connectivity index (χ4v) is 3.25. The van der Waals surface area contributed by atoms with E-state index in [0.717, 1.165) is 43.2 Å². The number of amides is 1. The molecule has 1 amide bonds. The summed E-state index contributed by atoms with van der Waals surface area (Å²) >= 11 is 0. The molecule has 0 spiro atoms. The van der Waals surface area contributed by atoms with Crippen molar-refractivity contribution in [3.8, 4) is 5.75 Å². The largest absolute Gasteiger partial charge is 0.497 e. The molecular formula is C22H30N4O2. The summed E-state index contributed by atoms with van der Waals surface area (Å²) < 4.78 is 5.21. The van der Waals surface area contributed by atoms with Crippen LogP contribution < -0.4 is 15.0 Å². The molecule has 1 aromatic carbocycles. The first-order valence-corrected chi connectivity index (χ1v) is 9.95. The SMILES string of the molecule is COc1ccc(N2CCN(C(=O)c3ccc(NCCC(C)C)cn3)CC2)cc1. The lowest BCUT2D eigenvalue weighted by atomic mass is 10.1. The van der Waals surface area contributed by atoms with Crippen LogP contribution in [0.1, 0.15) is 30.8 Å². The van der Waals surface area contributed by atoms with Crippen molar-refractivity contribution in [1.82, 2.24) is 9.88 Å². The molecular weight excluding hydrogens is 352 g/mol. The molecule has 0 unspecified atom stereocenters. The number of carbonyl (C=O) groups excluding carboxylic acids is 1. The van der Waals surface area contributed by atoms with E-state index in [4.69, 9.17) is 4.74 Å². The van der Waals surface area contributed by atoms with Gasteiger partial charge in [-0.15, -0.1) is 0 Å². The van der Waals surface area contributed by atoms with Crippen LogP contribution in [0.4, 0.5) is 11.4 Å². The Labute approximate surface area is 167 Å². The van der Waals surface area contributed by atoms with Gasteiger partial charge in [-0.05, 0) is 48.7 Å². The second kappa shape index (κ2) is 9.44. The highest BCUT2D eigenvalue weighted by atomic mass is 16.5. The highest BCUT2D eigenvalue weighted by molar-refractivity contribution is 5.92. The number of benzene rings is 1. The third-order valence-corrected chi connectivity index (χ3v) is 5.04. The Balaban J connectivity index is 1.51. The van der Waals surface area contributed by atoms with E-state index in [-0.39, 0.29) is 5.91 Å². The van der Waals surface area contributed by atoms with E-state index in [1.165, 1.54) is 0 Å². The van der Waals surface area contributed by atoms with Crippen LogP contribution in [0.15, 0.2) is 42.6 Å².